The van der Waals surface area contributed by atoms with Gasteiger partial charge in [-0.1, -0.05) is 37.5 Å². The molecule has 1 aromatic carbocycles. The van der Waals surface area contributed by atoms with Gasteiger partial charge in [-0.05, 0) is 51.0 Å². The zero-order chi connectivity index (χ0) is 16.1. The van der Waals surface area contributed by atoms with Crippen LogP contribution in [0.15, 0.2) is 56.9 Å². The lowest BCUT2D eigenvalue weighted by Gasteiger charge is -2.18. The second-order valence-corrected chi connectivity index (χ2v) is 6.20. The van der Waals surface area contributed by atoms with Crippen LogP contribution in [0.2, 0.25) is 0 Å². The van der Waals surface area contributed by atoms with Crippen LogP contribution < -0.4 is 0 Å². The number of hydrogen-bond acceptors (Lipinski definition) is 3. The molecule has 0 aliphatic heterocycles. The molecule has 1 aliphatic rings. The Balaban J connectivity index is 1.74. The van der Waals surface area contributed by atoms with Crippen molar-refractivity contribution in [3.63, 3.8) is 0 Å². The average Bonchev–Trinajstić information content (AvgIpc) is 3.07. The van der Waals surface area contributed by atoms with E-state index in [-0.39, 0.29) is 0 Å². The zero-order valence-electron chi connectivity index (χ0n) is 14.0. The van der Waals surface area contributed by atoms with E-state index in [1.165, 1.54) is 32.1 Å². The van der Waals surface area contributed by atoms with Gasteiger partial charge in [-0.15, -0.1) is 0 Å². The second-order valence-electron chi connectivity index (χ2n) is 6.20. The van der Waals surface area contributed by atoms with Gasteiger partial charge < -0.3 is 4.42 Å². The number of nitrogens with zero attached hydrogens (tertiary/aromatic N) is 2. The van der Waals surface area contributed by atoms with Crippen LogP contribution in [-0.4, -0.2) is 17.5 Å². The Morgan fingerprint density at radius 2 is 1.52 bits per heavy atom. The molecule has 0 unspecified atom stereocenters. The van der Waals surface area contributed by atoms with Crippen molar-refractivity contribution in [1.29, 1.82) is 0 Å². The van der Waals surface area contributed by atoms with E-state index >= 15 is 0 Å². The van der Waals surface area contributed by atoms with Crippen molar-refractivity contribution in [2.24, 2.45) is 9.98 Å². The largest absolute Gasteiger partial charge is 0.454 e. The first-order valence-corrected chi connectivity index (χ1v) is 8.48. The number of benzene rings is 1. The lowest BCUT2D eigenvalue weighted by atomic mass is 9.96. The van der Waals surface area contributed by atoms with Crippen molar-refractivity contribution in [1.82, 2.24) is 0 Å². The Bertz CT molecular complexity index is 691. The first-order valence-electron chi connectivity index (χ1n) is 8.48. The minimum atomic E-state index is 0.469. The number of para-hydroxylation sites is 1. The predicted molar refractivity (Wildman–Crippen MR) is 96.1 cm³/mol. The van der Waals surface area contributed by atoms with Crippen LogP contribution in [0.3, 0.4) is 0 Å². The van der Waals surface area contributed by atoms with E-state index < -0.39 is 0 Å². The number of hydrogen-bond donors (Lipinski definition) is 0. The van der Waals surface area contributed by atoms with Gasteiger partial charge in [-0.2, -0.15) is 0 Å². The fraction of sp³-hybridized carbons (Fsp3) is 0.400. The number of furan rings is 1. The smallest absolute Gasteiger partial charge is 0.148 e. The highest BCUT2D eigenvalue weighted by molar-refractivity contribution is 6.01. The lowest BCUT2D eigenvalue weighted by Crippen LogP contribution is -2.12. The number of aliphatic imine (C=N–C) groups is 2. The SMILES string of the molecule is CC(=Nc1ccccc1)c1ccc(C(C)=NC2CCCCC2)o1. The molecule has 3 rings (SSSR count). The number of rotatable bonds is 4. The van der Waals surface area contributed by atoms with E-state index in [2.05, 4.69) is 4.99 Å². The summed E-state index contributed by atoms with van der Waals surface area (Å²) in [6, 6.07) is 14.4. The highest BCUT2D eigenvalue weighted by Gasteiger charge is 2.14. The lowest BCUT2D eigenvalue weighted by molar-refractivity contribution is 0.442. The fourth-order valence-electron chi connectivity index (χ4n) is 3.03. The molecule has 3 nitrogen and oxygen atoms in total. The van der Waals surface area contributed by atoms with Gasteiger partial charge >= 0.3 is 0 Å². The monoisotopic (exact) mass is 308 g/mol. The molecule has 0 spiro atoms. The molecule has 0 radical (unpaired) electrons. The maximum atomic E-state index is 5.96. The van der Waals surface area contributed by atoms with Gasteiger partial charge in [0.1, 0.15) is 11.5 Å². The van der Waals surface area contributed by atoms with Crippen LogP contribution in [0, 0.1) is 0 Å². The van der Waals surface area contributed by atoms with Crippen molar-refractivity contribution in [2.45, 2.75) is 52.0 Å². The van der Waals surface area contributed by atoms with Crippen LogP contribution in [0.1, 0.15) is 57.5 Å². The van der Waals surface area contributed by atoms with Gasteiger partial charge in [0, 0.05) is 0 Å². The Kier molecular flexibility index (Phi) is 5.06. The molecular weight excluding hydrogens is 284 g/mol. The maximum absolute atomic E-state index is 5.96. The third-order valence-corrected chi connectivity index (χ3v) is 4.32. The Hall–Kier alpha value is -2.16. The van der Waals surface area contributed by atoms with E-state index in [0.29, 0.717) is 6.04 Å². The van der Waals surface area contributed by atoms with Gasteiger partial charge in [0.2, 0.25) is 0 Å². The predicted octanol–water partition coefficient (Wildman–Crippen LogP) is 5.56. The molecule has 0 atom stereocenters. The van der Waals surface area contributed by atoms with Crippen molar-refractivity contribution in [3.8, 4) is 0 Å². The third-order valence-electron chi connectivity index (χ3n) is 4.32. The highest BCUT2D eigenvalue weighted by atomic mass is 16.3. The Morgan fingerprint density at radius 3 is 2.22 bits per heavy atom. The molecule has 0 saturated heterocycles. The molecule has 120 valence electrons. The molecule has 1 saturated carbocycles. The summed E-state index contributed by atoms with van der Waals surface area (Å²) in [6.45, 7) is 4.02. The molecule has 0 amide bonds. The van der Waals surface area contributed by atoms with Gasteiger partial charge in [0.25, 0.3) is 0 Å². The summed E-state index contributed by atoms with van der Waals surface area (Å²) in [6.07, 6.45) is 6.37. The molecular formula is C20H24N2O. The van der Waals surface area contributed by atoms with E-state index in [1.807, 2.05) is 56.3 Å². The summed E-state index contributed by atoms with van der Waals surface area (Å²) in [5.41, 5.74) is 2.82. The van der Waals surface area contributed by atoms with Crippen LogP contribution in [0.4, 0.5) is 5.69 Å². The second kappa shape index (κ2) is 7.40. The van der Waals surface area contributed by atoms with Crippen LogP contribution in [-0.2, 0) is 0 Å². The summed E-state index contributed by atoms with van der Waals surface area (Å²) in [7, 11) is 0. The topological polar surface area (TPSA) is 37.9 Å². The fourth-order valence-corrected chi connectivity index (χ4v) is 3.03. The van der Waals surface area contributed by atoms with E-state index in [9.17, 15) is 0 Å². The first kappa shape index (κ1) is 15.7. The van der Waals surface area contributed by atoms with Crippen molar-refractivity contribution in [2.75, 3.05) is 0 Å². The van der Waals surface area contributed by atoms with E-state index in [0.717, 1.165) is 28.6 Å². The standard InChI is InChI=1S/C20H24N2O/c1-15(21-17-9-5-3-6-10-17)19-13-14-20(23-19)16(2)22-18-11-7-4-8-12-18/h3,5-6,9-10,13-14,18H,4,7-8,11-12H2,1-2H3. The summed E-state index contributed by atoms with van der Waals surface area (Å²) in [5.74, 6) is 1.66. The normalized spacial score (nSPS) is 17.5. The highest BCUT2D eigenvalue weighted by Crippen LogP contribution is 2.22. The van der Waals surface area contributed by atoms with Crippen LogP contribution >= 0.6 is 0 Å². The molecule has 0 N–H and O–H groups in total. The Labute approximate surface area is 138 Å². The molecule has 1 aromatic heterocycles. The van der Waals surface area contributed by atoms with Gasteiger partial charge in [-0.25, -0.2) is 4.99 Å². The van der Waals surface area contributed by atoms with Crippen LogP contribution in [0.5, 0.6) is 0 Å². The molecule has 2 aromatic rings. The van der Waals surface area contributed by atoms with E-state index in [1.54, 1.807) is 0 Å². The quantitative estimate of drug-likeness (QED) is 0.681. The summed E-state index contributed by atoms with van der Waals surface area (Å²) in [4.78, 5) is 9.45. The third kappa shape index (κ3) is 4.19. The molecule has 1 aliphatic carbocycles. The first-order chi connectivity index (χ1) is 11.2. The molecule has 3 heteroatoms. The summed E-state index contributed by atoms with van der Waals surface area (Å²) in [5, 5.41) is 0. The van der Waals surface area contributed by atoms with Crippen LogP contribution in [0.25, 0.3) is 0 Å². The minimum Gasteiger partial charge on any atom is -0.454 e. The van der Waals surface area contributed by atoms with Gasteiger partial charge in [0.05, 0.1) is 23.2 Å². The Morgan fingerprint density at radius 1 is 0.870 bits per heavy atom. The van der Waals surface area contributed by atoms with Gasteiger partial charge in [-0.3, -0.25) is 4.99 Å². The summed E-state index contributed by atoms with van der Waals surface area (Å²) < 4.78 is 5.96. The van der Waals surface area contributed by atoms with E-state index in [4.69, 9.17) is 9.41 Å². The van der Waals surface area contributed by atoms with Crippen molar-refractivity contribution >= 4 is 17.1 Å². The molecule has 1 heterocycles. The minimum absolute atomic E-state index is 0.469. The summed E-state index contributed by atoms with van der Waals surface area (Å²) >= 11 is 0. The van der Waals surface area contributed by atoms with Crippen molar-refractivity contribution < 1.29 is 4.42 Å². The van der Waals surface area contributed by atoms with Gasteiger partial charge in [0.15, 0.2) is 0 Å². The molecule has 1 fully saturated rings. The average molecular weight is 308 g/mol. The zero-order valence-corrected chi connectivity index (χ0v) is 14.0. The maximum Gasteiger partial charge on any atom is 0.148 e. The molecule has 23 heavy (non-hydrogen) atoms. The van der Waals surface area contributed by atoms with Crippen molar-refractivity contribution in [3.05, 3.63) is 54.0 Å². The molecule has 0 bridgehead atoms.